The summed E-state index contributed by atoms with van der Waals surface area (Å²) in [6.45, 7) is 0. The number of tetrazole rings is 1. The Bertz CT molecular complexity index is 814. The van der Waals surface area contributed by atoms with Crippen LogP contribution in [0.2, 0.25) is 0 Å². The number of amides is 2. The molecule has 0 fully saturated rings. The first-order valence-corrected chi connectivity index (χ1v) is 7.13. The maximum atomic E-state index is 12.2. The highest BCUT2D eigenvalue weighted by molar-refractivity contribution is 6.64. The molecule has 0 saturated heterocycles. The summed E-state index contributed by atoms with van der Waals surface area (Å²) in [7, 11) is 2.96. The number of hydrogen-bond donors (Lipinski definition) is 3. The average molecular weight is 348 g/mol. The maximum absolute atomic E-state index is 12.2. The van der Waals surface area contributed by atoms with Gasteiger partial charge in [0, 0.05) is 14.1 Å². The third-order valence-corrected chi connectivity index (χ3v) is 3.41. The van der Waals surface area contributed by atoms with E-state index in [2.05, 4.69) is 26.2 Å². The lowest BCUT2D eigenvalue weighted by Gasteiger charge is -2.11. The summed E-state index contributed by atoms with van der Waals surface area (Å²) in [5.41, 5.74) is -0.0714. The number of benzene rings is 1. The first-order chi connectivity index (χ1) is 11.5. The second-order valence-electron chi connectivity index (χ2n) is 4.59. The summed E-state index contributed by atoms with van der Waals surface area (Å²) in [4.78, 5) is 24.3. The Morgan fingerprint density at radius 1 is 1.21 bits per heavy atom. The van der Waals surface area contributed by atoms with E-state index in [9.17, 15) is 9.59 Å². The summed E-state index contributed by atoms with van der Waals surface area (Å²) < 4.78 is 1.22. The zero-order valence-electron chi connectivity index (χ0n) is 12.9. The van der Waals surface area contributed by atoms with Crippen LogP contribution in [0.25, 0.3) is 5.57 Å². The van der Waals surface area contributed by atoms with Crippen LogP contribution >= 0.6 is 11.6 Å². The molecular formula is C14H14ClN7O2. The normalized spacial score (nSPS) is 11.5. The van der Waals surface area contributed by atoms with E-state index in [-0.39, 0.29) is 16.6 Å². The molecule has 10 heteroatoms. The number of halogens is 1. The van der Waals surface area contributed by atoms with Crippen LogP contribution in [0.15, 0.2) is 35.4 Å². The Kier molecular flexibility index (Phi) is 5.38. The van der Waals surface area contributed by atoms with Crippen molar-refractivity contribution < 1.29 is 9.59 Å². The Morgan fingerprint density at radius 2 is 1.88 bits per heavy atom. The van der Waals surface area contributed by atoms with E-state index >= 15 is 0 Å². The second kappa shape index (κ2) is 7.47. The van der Waals surface area contributed by atoms with Crippen LogP contribution in [-0.2, 0) is 16.6 Å². The lowest BCUT2D eigenvalue weighted by atomic mass is 10.0. The number of likely N-dealkylation sites (N-methyl/N-ethyl adjacent to an activating group) is 1. The molecule has 2 aromatic rings. The van der Waals surface area contributed by atoms with Gasteiger partial charge in [-0.15, -0.1) is 0 Å². The van der Waals surface area contributed by atoms with E-state index in [1.165, 1.54) is 18.8 Å². The van der Waals surface area contributed by atoms with Crippen molar-refractivity contribution in [3.05, 3.63) is 40.9 Å². The predicted octanol–water partition coefficient (Wildman–Crippen LogP) is 0.564. The number of carbonyl (C=O) groups is 2. The molecule has 0 aliphatic carbocycles. The van der Waals surface area contributed by atoms with Crippen molar-refractivity contribution in [2.45, 2.75) is 0 Å². The zero-order valence-corrected chi connectivity index (χ0v) is 13.6. The van der Waals surface area contributed by atoms with Gasteiger partial charge in [-0.3, -0.25) is 20.3 Å². The third kappa shape index (κ3) is 3.63. The smallest absolute Gasteiger partial charge is 0.277 e. The van der Waals surface area contributed by atoms with Crippen LogP contribution in [-0.4, -0.2) is 44.8 Å². The van der Waals surface area contributed by atoms with Gasteiger partial charge in [0.05, 0.1) is 10.6 Å². The van der Waals surface area contributed by atoms with E-state index in [0.29, 0.717) is 5.56 Å². The summed E-state index contributed by atoms with van der Waals surface area (Å²) in [6.07, 6.45) is 0. The molecule has 1 aromatic heterocycles. The average Bonchev–Trinajstić information content (AvgIpc) is 2.99. The highest BCUT2D eigenvalue weighted by Crippen LogP contribution is 2.23. The summed E-state index contributed by atoms with van der Waals surface area (Å²) in [6, 6.07) is 8.53. The molecule has 0 saturated carbocycles. The first kappa shape index (κ1) is 17.3. The number of carbonyl (C=O) groups excluding carboxylic acids is 2. The lowest BCUT2D eigenvalue weighted by Crippen LogP contribution is -2.27. The molecule has 0 unspecified atom stereocenters. The predicted molar refractivity (Wildman–Crippen MR) is 88.4 cm³/mol. The number of anilines is 1. The van der Waals surface area contributed by atoms with E-state index in [0.717, 1.165) is 0 Å². The Hall–Kier alpha value is -3.07. The van der Waals surface area contributed by atoms with Gasteiger partial charge in [-0.2, -0.15) is 0 Å². The van der Waals surface area contributed by atoms with Gasteiger partial charge >= 0.3 is 0 Å². The molecule has 0 radical (unpaired) electrons. The van der Waals surface area contributed by atoms with Crippen molar-refractivity contribution >= 4 is 40.6 Å². The molecule has 1 heterocycles. The summed E-state index contributed by atoms with van der Waals surface area (Å²) in [5, 5.41) is 23.0. The van der Waals surface area contributed by atoms with Crippen molar-refractivity contribution in [3.63, 3.8) is 0 Å². The van der Waals surface area contributed by atoms with Crippen LogP contribution in [0.3, 0.4) is 0 Å². The van der Waals surface area contributed by atoms with Crippen LogP contribution < -0.4 is 10.6 Å². The van der Waals surface area contributed by atoms with Crippen LogP contribution in [0.1, 0.15) is 5.56 Å². The molecule has 0 aliphatic rings. The molecule has 124 valence electrons. The fourth-order valence-corrected chi connectivity index (χ4v) is 2.09. The highest BCUT2D eigenvalue weighted by Gasteiger charge is 2.23. The zero-order chi connectivity index (χ0) is 17.7. The minimum absolute atomic E-state index is 0.0241. The van der Waals surface area contributed by atoms with Crippen molar-refractivity contribution in [2.75, 3.05) is 12.4 Å². The lowest BCUT2D eigenvalue weighted by molar-refractivity contribution is -0.115. The van der Waals surface area contributed by atoms with E-state index in [4.69, 9.17) is 17.0 Å². The fraction of sp³-hybridized carbons (Fsp3) is 0.143. The van der Waals surface area contributed by atoms with Gasteiger partial charge in [-0.25, -0.2) is 4.68 Å². The SMILES string of the molecule is CNC(=O)/C(=C(/Cl)C(=N)C(=O)Nc1nnnn1C)c1ccccc1. The molecule has 0 atom stereocenters. The maximum Gasteiger partial charge on any atom is 0.277 e. The van der Waals surface area contributed by atoms with E-state index in [1.54, 1.807) is 30.3 Å². The van der Waals surface area contributed by atoms with E-state index < -0.39 is 17.5 Å². The standard InChI is InChI=1S/C14H14ClN7O2/c1-17-12(23)9(8-6-4-3-5-7-8)10(15)11(16)13(24)18-14-19-20-21-22(14)2/h3-7,16H,1-2H3,(H,17,23)(H,18,19,21,24)/b10-9+,16-11?. The minimum Gasteiger partial charge on any atom is -0.355 e. The van der Waals surface area contributed by atoms with Gasteiger partial charge in [0.25, 0.3) is 11.8 Å². The number of hydrogen-bond acceptors (Lipinski definition) is 6. The minimum atomic E-state index is -0.838. The molecule has 0 bridgehead atoms. The van der Waals surface area contributed by atoms with Crippen LogP contribution in [0.4, 0.5) is 5.95 Å². The number of nitrogens with zero attached hydrogens (tertiary/aromatic N) is 4. The molecule has 0 spiro atoms. The molecular weight excluding hydrogens is 334 g/mol. The largest absolute Gasteiger partial charge is 0.355 e. The molecule has 3 N–H and O–H groups in total. The Labute approximate surface area is 142 Å². The number of rotatable bonds is 5. The monoisotopic (exact) mass is 347 g/mol. The topological polar surface area (TPSA) is 126 Å². The Balaban J connectivity index is 2.36. The van der Waals surface area contributed by atoms with Gasteiger partial charge in [-0.05, 0) is 16.0 Å². The quantitative estimate of drug-likeness (QED) is 0.538. The number of aryl methyl sites for hydroxylation is 1. The molecule has 1 aromatic carbocycles. The molecule has 24 heavy (non-hydrogen) atoms. The van der Waals surface area contributed by atoms with Crippen LogP contribution in [0, 0.1) is 5.41 Å². The summed E-state index contributed by atoms with van der Waals surface area (Å²) >= 11 is 6.16. The number of aromatic nitrogens is 4. The molecule has 9 nitrogen and oxygen atoms in total. The fourth-order valence-electron chi connectivity index (χ4n) is 1.81. The third-order valence-electron chi connectivity index (χ3n) is 3.03. The second-order valence-corrected chi connectivity index (χ2v) is 4.97. The van der Waals surface area contributed by atoms with Gasteiger partial charge in [0.1, 0.15) is 5.71 Å². The van der Waals surface area contributed by atoms with E-state index in [1.807, 2.05) is 0 Å². The molecule has 2 rings (SSSR count). The highest BCUT2D eigenvalue weighted by atomic mass is 35.5. The van der Waals surface area contributed by atoms with Crippen LogP contribution in [0.5, 0.6) is 0 Å². The first-order valence-electron chi connectivity index (χ1n) is 6.75. The Morgan fingerprint density at radius 3 is 2.42 bits per heavy atom. The van der Waals surface area contributed by atoms with Crippen molar-refractivity contribution in [1.82, 2.24) is 25.5 Å². The van der Waals surface area contributed by atoms with Crippen molar-refractivity contribution in [3.8, 4) is 0 Å². The molecule has 0 aliphatic heterocycles. The van der Waals surface area contributed by atoms with Crippen molar-refractivity contribution in [2.24, 2.45) is 7.05 Å². The summed E-state index contributed by atoms with van der Waals surface area (Å²) in [5.74, 6) is -1.30. The van der Waals surface area contributed by atoms with Crippen molar-refractivity contribution in [1.29, 1.82) is 5.41 Å². The van der Waals surface area contributed by atoms with Gasteiger partial charge in [0.2, 0.25) is 5.95 Å². The molecule has 2 amide bonds. The van der Waals surface area contributed by atoms with Gasteiger partial charge in [0.15, 0.2) is 0 Å². The van der Waals surface area contributed by atoms with Gasteiger partial charge < -0.3 is 5.32 Å². The number of nitrogens with one attached hydrogen (secondary N) is 3. The van der Waals surface area contributed by atoms with Gasteiger partial charge in [-0.1, -0.05) is 47.0 Å².